The number of hydrogen-bond acceptors (Lipinski definition) is 1. The molecule has 0 aliphatic rings. The molecule has 3 heteroatoms. The number of nitrogens with one attached hydrogen (secondary N) is 1. The minimum absolute atomic E-state index is 0.833. The summed E-state index contributed by atoms with van der Waals surface area (Å²) in [6, 6.07) is 9.62. The van der Waals surface area contributed by atoms with Crippen LogP contribution in [0.1, 0.15) is 19.8 Å². The van der Waals surface area contributed by atoms with Crippen LogP contribution in [0, 0.1) is 0 Å². The highest BCUT2D eigenvalue weighted by Gasteiger charge is 2.15. The Morgan fingerprint density at radius 3 is 2.50 bits per heavy atom. The minimum Gasteiger partial charge on any atom is -0.302 e. The van der Waals surface area contributed by atoms with Gasteiger partial charge in [-0.05, 0) is 6.42 Å². The first kappa shape index (κ1) is 11.5. The van der Waals surface area contributed by atoms with E-state index in [1.165, 1.54) is 0 Å². The molecular weight excluding hydrogens is 193 g/mol. The molecule has 0 amide bonds. The molecule has 0 aliphatic heterocycles. The fourth-order valence-electron chi connectivity index (χ4n) is 1.27. The van der Waals surface area contributed by atoms with Gasteiger partial charge < -0.3 is 4.57 Å². The highest BCUT2D eigenvalue weighted by molar-refractivity contribution is 7.68. The van der Waals surface area contributed by atoms with E-state index in [0.717, 1.165) is 24.7 Å². The first-order chi connectivity index (χ1) is 6.67. The van der Waals surface area contributed by atoms with Crippen LogP contribution in [0.2, 0.25) is 0 Å². The van der Waals surface area contributed by atoms with Gasteiger partial charge in [-0.2, -0.15) is 0 Å². The molecule has 0 radical (unpaired) electrons. The Hall–Kier alpha value is -0.590. The fourth-order valence-corrected chi connectivity index (χ4v) is 2.78. The lowest BCUT2D eigenvalue weighted by Gasteiger charge is -2.14. The zero-order chi connectivity index (χ0) is 10.4. The Labute approximate surface area is 86.2 Å². The summed E-state index contributed by atoms with van der Waals surface area (Å²) >= 11 is 0. The van der Waals surface area contributed by atoms with Crippen LogP contribution in [0.5, 0.6) is 0 Å². The number of benzene rings is 1. The summed E-state index contributed by atoms with van der Waals surface area (Å²) in [5.41, 5.74) is 0. The monoisotopic (exact) mass is 211 g/mol. The Morgan fingerprint density at radius 1 is 1.29 bits per heavy atom. The molecule has 0 fully saturated rings. The Kier molecular flexibility index (Phi) is 4.37. The van der Waals surface area contributed by atoms with E-state index >= 15 is 0 Å². The quantitative estimate of drug-likeness (QED) is 0.599. The van der Waals surface area contributed by atoms with Crippen molar-refractivity contribution in [2.24, 2.45) is 0 Å². The largest absolute Gasteiger partial charge is 0.302 e. The Morgan fingerprint density at radius 2 is 1.93 bits per heavy atom. The van der Waals surface area contributed by atoms with Crippen molar-refractivity contribution in [3.05, 3.63) is 30.3 Å². The molecule has 0 aromatic heterocycles. The van der Waals surface area contributed by atoms with Crippen molar-refractivity contribution in [3.63, 3.8) is 0 Å². The van der Waals surface area contributed by atoms with Crippen molar-refractivity contribution in [2.45, 2.75) is 19.8 Å². The van der Waals surface area contributed by atoms with Crippen LogP contribution >= 0.6 is 7.29 Å². The third kappa shape index (κ3) is 3.28. The number of unbranched alkanes of at least 4 members (excludes halogenated alkanes) is 1. The topological polar surface area (TPSA) is 29.1 Å². The van der Waals surface area contributed by atoms with Crippen LogP contribution in [0.4, 0.5) is 0 Å². The van der Waals surface area contributed by atoms with Crippen LogP contribution < -0.4 is 10.4 Å². The molecular formula is C11H18NOP. The molecule has 0 aliphatic carbocycles. The molecule has 1 N–H and O–H groups in total. The second kappa shape index (κ2) is 5.33. The van der Waals surface area contributed by atoms with Crippen molar-refractivity contribution < 1.29 is 4.57 Å². The summed E-state index contributed by atoms with van der Waals surface area (Å²) in [6.07, 6.45) is 2.20. The molecule has 1 unspecified atom stereocenters. The summed E-state index contributed by atoms with van der Waals surface area (Å²) in [4.78, 5) is 0. The first-order valence-electron chi connectivity index (χ1n) is 5.05. The lowest BCUT2D eigenvalue weighted by Crippen LogP contribution is -2.19. The van der Waals surface area contributed by atoms with Gasteiger partial charge in [0.05, 0.1) is 0 Å². The van der Waals surface area contributed by atoms with Crippen LogP contribution in [-0.4, -0.2) is 13.2 Å². The van der Waals surface area contributed by atoms with Gasteiger partial charge in [0.15, 0.2) is 7.29 Å². The smallest absolute Gasteiger partial charge is 0.173 e. The number of rotatable bonds is 5. The SMILES string of the molecule is CCCCNP(C)(=O)c1ccccc1. The second-order valence-corrected chi connectivity index (χ2v) is 6.20. The fraction of sp³-hybridized carbons (Fsp3) is 0.455. The van der Waals surface area contributed by atoms with Gasteiger partial charge in [0.1, 0.15) is 0 Å². The maximum atomic E-state index is 12.2. The molecule has 0 saturated carbocycles. The van der Waals surface area contributed by atoms with E-state index in [2.05, 4.69) is 12.0 Å². The van der Waals surface area contributed by atoms with Gasteiger partial charge in [-0.15, -0.1) is 0 Å². The predicted octanol–water partition coefficient (Wildman–Crippen LogP) is 2.61. The molecule has 1 rings (SSSR count). The van der Waals surface area contributed by atoms with E-state index in [-0.39, 0.29) is 0 Å². The normalized spacial score (nSPS) is 15.0. The Bertz CT molecular complexity index is 310. The zero-order valence-electron chi connectivity index (χ0n) is 8.86. The third-order valence-corrected chi connectivity index (χ3v) is 4.30. The van der Waals surface area contributed by atoms with E-state index in [9.17, 15) is 4.57 Å². The van der Waals surface area contributed by atoms with Gasteiger partial charge in [0.2, 0.25) is 0 Å². The van der Waals surface area contributed by atoms with Crippen LogP contribution in [0.3, 0.4) is 0 Å². The first-order valence-corrected chi connectivity index (χ1v) is 7.20. The maximum absolute atomic E-state index is 12.2. The molecule has 0 spiro atoms. The minimum atomic E-state index is -2.32. The van der Waals surface area contributed by atoms with Crippen molar-refractivity contribution >= 4 is 12.6 Å². The molecule has 1 atom stereocenters. The lowest BCUT2D eigenvalue weighted by atomic mass is 10.3. The van der Waals surface area contributed by atoms with E-state index < -0.39 is 7.29 Å². The van der Waals surface area contributed by atoms with Crippen molar-refractivity contribution in [2.75, 3.05) is 13.2 Å². The summed E-state index contributed by atoms with van der Waals surface area (Å²) in [7, 11) is -2.32. The van der Waals surface area contributed by atoms with Crippen LogP contribution in [-0.2, 0) is 4.57 Å². The van der Waals surface area contributed by atoms with Crippen molar-refractivity contribution in [1.29, 1.82) is 0 Å². The molecule has 78 valence electrons. The maximum Gasteiger partial charge on any atom is 0.173 e. The van der Waals surface area contributed by atoms with Crippen molar-refractivity contribution in [3.8, 4) is 0 Å². The van der Waals surface area contributed by atoms with E-state index in [0.29, 0.717) is 0 Å². The van der Waals surface area contributed by atoms with E-state index in [1.54, 1.807) is 6.66 Å². The average Bonchev–Trinajstić information content (AvgIpc) is 2.19. The predicted molar refractivity (Wildman–Crippen MR) is 62.5 cm³/mol. The van der Waals surface area contributed by atoms with E-state index in [1.807, 2.05) is 30.3 Å². The van der Waals surface area contributed by atoms with Gasteiger partial charge in [-0.1, -0.05) is 43.7 Å². The lowest BCUT2D eigenvalue weighted by molar-refractivity contribution is 0.573. The van der Waals surface area contributed by atoms with E-state index in [4.69, 9.17) is 0 Å². The highest BCUT2D eigenvalue weighted by atomic mass is 31.2. The van der Waals surface area contributed by atoms with Crippen LogP contribution in [0.15, 0.2) is 30.3 Å². The summed E-state index contributed by atoms with van der Waals surface area (Å²) in [6.45, 7) is 4.75. The van der Waals surface area contributed by atoms with Gasteiger partial charge >= 0.3 is 0 Å². The molecule has 0 bridgehead atoms. The van der Waals surface area contributed by atoms with Gasteiger partial charge in [-0.3, -0.25) is 5.09 Å². The molecule has 1 aromatic rings. The summed E-state index contributed by atoms with van der Waals surface area (Å²) in [5.74, 6) is 0. The van der Waals surface area contributed by atoms with Crippen molar-refractivity contribution in [1.82, 2.24) is 5.09 Å². The molecule has 0 saturated heterocycles. The summed E-state index contributed by atoms with van der Waals surface area (Å²) in [5, 5.41) is 4.04. The number of hydrogen-bond donors (Lipinski definition) is 1. The molecule has 1 aromatic carbocycles. The molecule has 14 heavy (non-hydrogen) atoms. The standard InChI is InChI=1S/C11H18NOP/c1-3-4-10-12-14(2,13)11-8-6-5-7-9-11/h5-9H,3-4,10H2,1-2H3,(H,12,13). The van der Waals surface area contributed by atoms with Gasteiger partial charge in [-0.25, -0.2) is 0 Å². The molecule has 2 nitrogen and oxygen atoms in total. The average molecular weight is 211 g/mol. The third-order valence-electron chi connectivity index (χ3n) is 2.19. The molecule has 0 heterocycles. The highest BCUT2D eigenvalue weighted by Crippen LogP contribution is 2.34. The van der Waals surface area contributed by atoms with Gasteiger partial charge in [0, 0.05) is 18.5 Å². The van der Waals surface area contributed by atoms with Gasteiger partial charge in [0.25, 0.3) is 0 Å². The summed E-state index contributed by atoms with van der Waals surface area (Å²) < 4.78 is 12.2. The Balaban J connectivity index is 2.62. The second-order valence-electron chi connectivity index (χ2n) is 3.52. The van der Waals surface area contributed by atoms with Crippen LogP contribution in [0.25, 0.3) is 0 Å². The zero-order valence-corrected chi connectivity index (χ0v) is 9.76.